The maximum absolute atomic E-state index is 12.4. The Kier molecular flexibility index (Phi) is 3.30. The summed E-state index contributed by atoms with van der Waals surface area (Å²) in [6.45, 7) is 1.77. The van der Waals surface area contributed by atoms with Gasteiger partial charge in [-0.3, -0.25) is 4.79 Å². The second-order valence-electron chi connectivity index (χ2n) is 5.38. The number of aryl methyl sites for hydroxylation is 1. The van der Waals surface area contributed by atoms with E-state index in [4.69, 9.17) is 0 Å². The van der Waals surface area contributed by atoms with Gasteiger partial charge in [-0.05, 0) is 30.7 Å². The lowest BCUT2D eigenvalue weighted by Crippen LogP contribution is -2.19. The summed E-state index contributed by atoms with van der Waals surface area (Å²) in [5.74, 6) is 0.727. The SMILES string of the molecule is O=C(Nc1cnn2c1NCCC2)c1ccc(-n2ccnc2)cc1. The zero-order chi connectivity index (χ0) is 15.6. The summed E-state index contributed by atoms with van der Waals surface area (Å²) in [5, 5.41) is 10.5. The Bertz CT molecular complexity index is 819. The van der Waals surface area contributed by atoms with Crippen LogP contribution in [-0.4, -0.2) is 31.8 Å². The van der Waals surface area contributed by atoms with Gasteiger partial charge in [0.05, 0.1) is 12.5 Å². The van der Waals surface area contributed by atoms with Gasteiger partial charge in [-0.1, -0.05) is 0 Å². The van der Waals surface area contributed by atoms with Crippen LogP contribution in [0.2, 0.25) is 0 Å². The average molecular weight is 308 g/mol. The van der Waals surface area contributed by atoms with Gasteiger partial charge < -0.3 is 15.2 Å². The fraction of sp³-hybridized carbons (Fsp3) is 0.188. The van der Waals surface area contributed by atoms with Crippen LogP contribution in [0.1, 0.15) is 16.8 Å². The molecule has 0 saturated heterocycles. The molecule has 1 aliphatic rings. The molecule has 23 heavy (non-hydrogen) atoms. The van der Waals surface area contributed by atoms with Gasteiger partial charge in [0.25, 0.3) is 5.91 Å². The minimum Gasteiger partial charge on any atom is -0.368 e. The van der Waals surface area contributed by atoms with Gasteiger partial charge in [0.2, 0.25) is 0 Å². The van der Waals surface area contributed by atoms with Crippen molar-refractivity contribution in [2.24, 2.45) is 0 Å². The highest BCUT2D eigenvalue weighted by atomic mass is 16.1. The third kappa shape index (κ3) is 2.57. The molecule has 1 amide bonds. The van der Waals surface area contributed by atoms with E-state index in [1.807, 2.05) is 27.6 Å². The number of carbonyl (C=O) groups is 1. The Morgan fingerprint density at radius 3 is 2.91 bits per heavy atom. The van der Waals surface area contributed by atoms with Crippen molar-refractivity contribution in [3.05, 3.63) is 54.7 Å². The highest BCUT2D eigenvalue weighted by Gasteiger charge is 2.16. The van der Waals surface area contributed by atoms with E-state index in [-0.39, 0.29) is 5.91 Å². The maximum atomic E-state index is 12.4. The van der Waals surface area contributed by atoms with Crippen molar-refractivity contribution < 1.29 is 4.79 Å². The summed E-state index contributed by atoms with van der Waals surface area (Å²) in [5.41, 5.74) is 2.28. The summed E-state index contributed by atoms with van der Waals surface area (Å²) < 4.78 is 3.76. The van der Waals surface area contributed by atoms with Gasteiger partial charge in [0.1, 0.15) is 11.5 Å². The molecule has 0 fully saturated rings. The smallest absolute Gasteiger partial charge is 0.255 e. The molecule has 3 aromatic rings. The van der Waals surface area contributed by atoms with E-state index in [9.17, 15) is 4.79 Å². The first-order chi connectivity index (χ1) is 11.3. The maximum Gasteiger partial charge on any atom is 0.255 e. The lowest BCUT2D eigenvalue weighted by atomic mass is 10.2. The van der Waals surface area contributed by atoms with E-state index in [1.165, 1.54) is 0 Å². The Labute approximate surface area is 133 Å². The van der Waals surface area contributed by atoms with Crippen molar-refractivity contribution in [1.29, 1.82) is 0 Å². The van der Waals surface area contributed by atoms with Crippen LogP contribution in [0, 0.1) is 0 Å². The predicted octanol–water partition coefficient (Wildman–Crippen LogP) is 2.14. The first-order valence-corrected chi connectivity index (χ1v) is 7.51. The van der Waals surface area contributed by atoms with E-state index < -0.39 is 0 Å². The van der Waals surface area contributed by atoms with Crippen molar-refractivity contribution in [1.82, 2.24) is 19.3 Å². The minimum atomic E-state index is -0.148. The number of rotatable bonds is 3. The molecular formula is C16H16N6O. The topological polar surface area (TPSA) is 76.8 Å². The molecule has 0 spiro atoms. The van der Waals surface area contributed by atoms with Crippen LogP contribution in [-0.2, 0) is 6.54 Å². The number of nitrogens with zero attached hydrogens (tertiary/aromatic N) is 4. The Morgan fingerprint density at radius 2 is 2.13 bits per heavy atom. The van der Waals surface area contributed by atoms with E-state index in [0.29, 0.717) is 11.3 Å². The van der Waals surface area contributed by atoms with E-state index >= 15 is 0 Å². The molecule has 0 atom stereocenters. The van der Waals surface area contributed by atoms with Crippen LogP contribution in [0.25, 0.3) is 5.69 Å². The predicted molar refractivity (Wildman–Crippen MR) is 86.9 cm³/mol. The normalized spacial score (nSPS) is 13.2. The van der Waals surface area contributed by atoms with Crippen LogP contribution in [0.3, 0.4) is 0 Å². The van der Waals surface area contributed by atoms with Crippen molar-refractivity contribution in [3.8, 4) is 5.69 Å². The third-order valence-electron chi connectivity index (χ3n) is 3.86. The molecule has 116 valence electrons. The average Bonchev–Trinajstić information content (AvgIpc) is 3.25. The summed E-state index contributed by atoms with van der Waals surface area (Å²) in [4.78, 5) is 16.4. The molecule has 7 nitrogen and oxygen atoms in total. The summed E-state index contributed by atoms with van der Waals surface area (Å²) in [6, 6.07) is 7.38. The van der Waals surface area contributed by atoms with Crippen molar-refractivity contribution in [2.45, 2.75) is 13.0 Å². The fourth-order valence-corrected chi connectivity index (χ4v) is 2.66. The monoisotopic (exact) mass is 308 g/mol. The molecule has 0 radical (unpaired) electrons. The zero-order valence-corrected chi connectivity index (χ0v) is 12.4. The van der Waals surface area contributed by atoms with Gasteiger partial charge >= 0.3 is 0 Å². The van der Waals surface area contributed by atoms with Gasteiger partial charge in [-0.15, -0.1) is 0 Å². The van der Waals surface area contributed by atoms with Crippen LogP contribution in [0.4, 0.5) is 11.5 Å². The minimum absolute atomic E-state index is 0.148. The molecule has 0 unspecified atom stereocenters. The van der Waals surface area contributed by atoms with Crippen LogP contribution < -0.4 is 10.6 Å². The first-order valence-electron chi connectivity index (χ1n) is 7.51. The van der Waals surface area contributed by atoms with Crippen molar-refractivity contribution in [3.63, 3.8) is 0 Å². The van der Waals surface area contributed by atoms with Gasteiger partial charge in [0.15, 0.2) is 0 Å². The van der Waals surface area contributed by atoms with Crippen molar-refractivity contribution >= 4 is 17.4 Å². The Morgan fingerprint density at radius 1 is 1.26 bits per heavy atom. The summed E-state index contributed by atoms with van der Waals surface area (Å²) in [7, 11) is 0. The second kappa shape index (κ2) is 5.60. The lowest BCUT2D eigenvalue weighted by Gasteiger charge is -2.17. The second-order valence-corrected chi connectivity index (χ2v) is 5.38. The number of nitrogens with one attached hydrogen (secondary N) is 2. The number of hydrogen-bond acceptors (Lipinski definition) is 4. The van der Waals surface area contributed by atoms with Crippen LogP contribution in [0.5, 0.6) is 0 Å². The number of benzene rings is 1. The van der Waals surface area contributed by atoms with E-state index in [2.05, 4.69) is 20.7 Å². The van der Waals surface area contributed by atoms with Gasteiger partial charge in [-0.25, -0.2) is 9.67 Å². The van der Waals surface area contributed by atoms with Crippen LogP contribution in [0.15, 0.2) is 49.2 Å². The molecule has 1 aliphatic heterocycles. The molecular weight excluding hydrogens is 292 g/mol. The Hall–Kier alpha value is -3.09. The van der Waals surface area contributed by atoms with Gasteiger partial charge in [0, 0.05) is 36.7 Å². The molecule has 3 heterocycles. The molecule has 1 aromatic carbocycles. The van der Waals surface area contributed by atoms with Crippen molar-refractivity contribution in [2.75, 3.05) is 17.2 Å². The number of anilines is 2. The standard InChI is InChI=1S/C16H16N6O/c23-16(20-14-10-19-22-8-1-6-18-15(14)22)12-2-4-13(5-3-12)21-9-7-17-11-21/h2-5,7,9-11,18H,1,6,8H2,(H,20,23). The summed E-state index contributed by atoms with van der Waals surface area (Å²) in [6.07, 6.45) is 8.03. The van der Waals surface area contributed by atoms with E-state index in [0.717, 1.165) is 31.0 Å². The number of fused-ring (bicyclic) bond motifs is 1. The molecule has 4 rings (SSSR count). The quantitative estimate of drug-likeness (QED) is 0.777. The molecule has 7 heteroatoms. The lowest BCUT2D eigenvalue weighted by molar-refractivity contribution is 0.102. The van der Waals surface area contributed by atoms with Crippen LogP contribution >= 0.6 is 0 Å². The number of carbonyl (C=O) groups excluding carboxylic acids is 1. The Balaban J connectivity index is 1.52. The molecule has 0 aliphatic carbocycles. The summed E-state index contributed by atoms with van der Waals surface area (Å²) >= 11 is 0. The number of amides is 1. The first kappa shape index (κ1) is 13.6. The highest BCUT2D eigenvalue weighted by molar-refractivity contribution is 6.05. The number of imidazole rings is 1. The molecule has 0 saturated carbocycles. The number of hydrogen-bond donors (Lipinski definition) is 2. The molecule has 2 N–H and O–H groups in total. The largest absolute Gasteiger partial charge is 0.368 e. The highest BCUT2D eigenvalue weighted by Crippen LogP contribution is 2.24. The number of aromatic nitrogens is 4. The zero-order valence-electron chi connectivity index (χ0n) is 12.4. The third-order valence-corrected chi connectivity index (χ3v) is 3.86. The van der Waals surface area contributed by atoms with Gasteiger partial charge in [-0.2, -0.15) is 5.10 Å². The molecule has 2 aromatic heterocycles. The fourth-order valence-electron chi connectivity index (χ4n) is 2.66. The van der Waals surface area contributed by atoms with E-state index in [1.54, 1.807) is 30.9 Å². The molecule has 0 bridgehead atoms.